The molecule has 0 fully saturated rings. The maximum atomic E-state index is 11.7. The van der Waals surface area contributed by atoms with E-state index in [9.17, 15) is 14.7 Å². The largest absolute Gasteiger partial charge is 1.00 e. The smallest absolute Gasteiger partial charge is 1.00 e. The van der Waals surface area contributed by atoms with Gasteiger partial charge in [-0.15, -0.1) is 0 Å². The molecule has 7 nitrogen and oxygen atoms in total. The Morgan fingerprint density at radius 3 is 2.46 bits per heavy atom. The molecule has 0 saturated carbocycles. The van der Waals surface area contributed by atoms with Crippen LogP contribution in [0, 0.1) is 0 Å². The number of rotatable bonds is 6. The average Bonchev–Trinajstić information content (AvgIpc) is 3.17. The van der Waals surface area contributed by atoms with Crippen molar-refractivity contribution in [2.24, 2.45) is 0 Å². The number of benzene rings is 2. The van der Waals surface area contributed by atoms with Crippen molar-refractivity contribution in [3.05, 3.63) is 72.2 Å². The van der Waals surface area contributed by atoms with Crippen LogP contribution in [-0.4, -0.2) is 34.2 Å². The summed E-state index contributed by atoms with van der Waals surface area (Å²) >= 11 is 0. The van der Waals surface area contributed by atoms with Crippen LogP contribution in [0.25, 0.3) is 11.3 Å². The van der Waals surface area contributed by atoms with Gasteiger partial charge in [0.2, 0.25) is 0 Å². The van der Waals surface area contributed by atoms with Gasteiger partial charge in [0.25, 0.3) is 0 Å². The van der Waals surface area contributed by atoms with Gasteiger partial charge in [0, 0.05) is 5.69 Å². The first-order valence-electron chi connectivity index (χ1n) is 8.34. The number of hydrogen-bond donors (Lipinski definition) is 3. The Bertz CT molecular complexity index is 932. The van der Waals surface area contributed by atoms with Crippen LogP contribution in [0.2, 0.25) is 0 Å². The van der Waals surface area contributed by atoms with Crippen LogP contribution in [0.3, 0.4) is 0 Å². The third-order valence-electron chi connectivity index (χ3n) is 4.13. The zero-order valence-corrected chi connectivity index (χ0v) is 15.7. The van der Waals surface area contributed by atoms with Crippen LogP contribution in [0.15, 0.2) is 60.8 Å². The monoisotopic (exact) mass is 373 g/mol. The number of aromatic amines is 1. The van der Waals surface area contributed by atoms with Crippen molar-refractivity contribution in [3.8, 4) is 11.3 Å². The maximum Gasteiger partial charge on any atom is 1.00 e. The zero-order valence-electron chi connectivity index (χ0n) is 16.7. The fourth-order valence-electron chi connectivity index (χ4n) is 2.71. The Hall–Kier alpha value is -3.01. The zero-order chi connectivity index (χ0) is 19.2. The van der Waals surface area contributed by atoms with E-state index in [2.05, 4.69) is 20.0 Å². The Morgan fingerprint density at radius 2 is 1.86 bits per heavy atom. The first kappa shape index (κ1) is 21.3. The van der Waals surface area contributed by atoms with Gasteiger partial charge in [0.05, 0.1) is 19.0 Å². The van der Waals surface area contributed by atoms with E-state index in [4.69, 9.17) is 0 Å². The molecule has 1 unspecified atom stereocenters. The van der Waals surface area contributed by atoms with Crippen LogP contribution in [0.5, 0.6) is 0 Å². The van der Waals surface area contributed by atoms with E-state index in [1.807, 2.05) is 30.3 Å². The normalized spacial score (nSPS) is 11.2. The second-order valence-electron chi connectivity index (χ2n) is 5.96. The van der Waals surface area contributed by atoms with Gasteiger partial charge >= 0.3 is 30.9 Å². The number of carbonyl (C=O) groups excluding carboxylic acids is 1. The Kier molecular flexibility index (Phi) is 7.44. The van der Waals surface area contributed by atoms with E-state index in [-0.39, 0.29) is 20.3 Å². The molecule has 0 aliphatic heterocycles. The quantitative estimate of drug-likeness (QED) is 0.554. The van der Waals surface area contributed by atoms with E-state index in [1.54, 1.807) is 30.5 Å². The maximum absolute atomic E-state index is 11.7. The van der Waals surface area contributed by atoms with Crippen LogP contribution < -0.4 is 24.2 Å². The fourth-order valence-corrected chi connectivity index (χ4v) is 2.71. The minimum atomic E-state index is -0.933. The summed E-state index contributed by atoms with van der Waals surface area (Å²) in [7, 11) is 1.30. The number of carboxylic acids is 1. The molecular formula is C20H20LiN3O4. The molecule has 1 heterocycles. The van der Waals surface area contributed by atoms with E-state index < -0.39 is 18.0 Å². The first-order chi connectivity index (χ1) is 13.1. The number of amides is 1. The molecule has 3 N–H and O–H groups in total. The molecule has 8 heteroatoms. The molecule has 0 saturated heterocycles. The molecule has 3 aromatic rings. The summed E-state index contributed by atoms with van der Waals surface area (Å²) in [6.45, 7) is 0. The van der Waals surface area contributed by atoms with Crippen molar-refractivity contribution in [1.82, 2.24) is 9.97 Å². The number of imidazole rings is 1. The Labute approximate surface area is 175 Å². The molecule has 1 aromatic heterocycles. The van der Waals surface area contributed by atoms with E-state index >= 15 is 0 Å². The van der Waals surface area contributed by atoms with Gasteiger partial charge in [-0.2, -0.15) is 0 Å². The summed E-state index contributed by atoms with van der Waals surface area (Å²) in [4.78, 5) is 30.3. The molecule has 0 bridgehead atoms. The predicted octanol–water partition coefficient (Wildman–Crippen LogP) is 0.782. The number of aromatic nitrogens is 2. The van der Waals surface area contributed by atoms with E-state index in [1.165, 1.54) is 7.11 Å². The number of carbonyl (C=O) groups is 2. The summed E-state index contributed by atoms with van der Waals surface area (Å²) < 4.78 is 4.55. The molecule has 28 heavy (non-hydrogen) atoms. The van der Waals surface area contributed by atoms with Gasteiger partial charge in [-0.1, -0.05) is 42.5 Å². The number of ether oxygens (including phenoxy) is 1. The second kappa shape index (κ2) is 9.79. The molecule has 0 aliphatic rings. The summed E-state index contributed by atoms with van der Waals surface area (Å²) in [6, 6.07) is 16.5. The molecule has 3 rings (SSSR count). The summed E-state index contributed by atoms with van der Waals surface area (Å²) in [5.41, 5.74) is 3.06. The number of anilines is 1. The van der Waals surface area contributed by atoms with Crippen molar-refractivity contribution in [2.45, 2.75) is 12.3 Å². The van der Waals surface area contributed by atoms with Gasteiger partial charge in [0.15, 0.2) is 0 Å². The summed E-state index contributed by atoms with van der Waals surface area (Å²) in [5, 5.41) is 12.2. The van der Waals surface area contributed by atoms with Crippen molar-refractivity contribution >= 4 is 17.7 Å². The molecule has 1 amide bonds. The van der Waals surface area contributed by atoms with E-state index in [0.29, 0.717) is 23.6 Å². The first-order valence-corrected chi connectivity index (χ1v) is 8.34. The number of aliphatic carboxylic acids is 1. The fraction of sp³-hybridized carbons (Fsp3) is 0.150. The van der Waals surface area contributed by atoms with Gasteiger partial charge < -0.3 is 16.3 Å². The second-order valence-corrected chi connectivity index (χ2v) is 5.96. The van der Waals surface area contributed by atoms with Crippen molar-refractivity contribution in [1.29, 1.82) is 0 Å². The Balaban J connectivity index is 0.00000210. The van der Waals surface area contributed by atoms with Crippen LogP contribution in [-0.2, 0) is 16.0 Å². The average molecular weight is 373 g/mol. The summed E-state index contributed by atoms with van der Waals surface area (Å²) in [5.74, 6) is -1.29. The molecule has 0 radical (unpaired) electrons. The van der Waals surface area contributed by atoms with Crippen LogP contribution in [0.4, 0.5) is 10.5 Å². The SMILES string of the molecule is COC(=O)Nc1ccc(-c2cnc(C(Cc3ccccc3)C(=O)O)[nH]2)cc1.[H-].[Li+]. The third-order valence-corrected chi connectivity index (χ3v) is 4.13. The minimum absolute atomic E-state index is 0. The van der Waals surface area contributed by atoms with Crippen molar-refractivity contribution < 1.29 is 39.7 Å². The molecule has 0 aliphatic carbocycles. The number of carboxylic acid groups (broad SMARTS) is 1. The number of nitrogens with zero attached hydrogens (tertiary/aromatic N) is 1. The van der Waals surface area contributed by atoms with E-state index in [0.717, 1.165) is 11.1 Å². The van der Waals surface area contributed by atoms with Crippen LogP contribution >= 0.6 is 0 Å². The number of methoxy groups -OCH3 is 1. The Morgan fingerprint density at radius 1 is 1.18 bits per heavy atom. The molecule has 140 valence electrons. The van der Waals surface area contributed by atoms with Crippen LogP contribution in [0.1, 0.15) is 18.7 Å². The molecule has 2 aromatic carbocycles. The minimum Gasteiger partial charge on any atom is -1.00 e. The molecule has 0 spiro atoms. The van der Waals surface area contributed by atoms with Crippen molar-refractivity contribution in [2.75, 3.05) is 12.4 Å². The number of nitrogens with one attached hydrogen (secondary N) is 2. The van der Waals surface area contributed by atoms with Gasteiger partial charge in [-0.25, -0.2) is 9.78 Å². The third kappa shape index (κ3) is 5.25. The van der Waals surface area contributed by atoms with Crippen molar-refractivity contribution in [3.63, 3.8) is 0 Å². The van der Waals surface area contributed by atoms with Gasteiger partial charge in [0.1, 0.15) is 11.7 Å². The summed E-state index contributed by atoms with van der Waals surface area (Å²) in [6.07, 6.45) is 1.42. The molecule has 1 atom stereocenters. The number of hydrogen-bond acceptors (Lipinski definition) is 4. The van der Waals surface area contributed by atoms with Gasteiger partial charge in [-0.3, -0.25) is 10.1 Å². The standard InChI is InChI=1S/C20H19N3O4.Li.H/c1-27-20(26)22-15-9-7-14(8-10-15)17-12-21-18(23-17)16(19(24)25)11-13-5-3-2-4-6-13;;/h2-10,12,16H,11H2,1H3,(H,21,23)(H,22,26)(H,24,25);;/q;+1;-1. The predicted molar refractivity (Wildman–Crippen MR) is 102 cm³/mol. The van der Waals surface area contributed by atoms with Gasteiger partial charge in [-0.05, 0) is 29.7 Å². The number of H-pyrrole nitrogens is 1. The molecular weight excluding hydrogens is 353 g/mol. The topological polar surface area (TPSA) is 104 Å².